The van der Waals surface area contributed by atoms with E-state index in [1.165, 1.54) is 4.88 Å². The maximum Gasteiger partial charge on any atom is 0.225 e. The lowest BCUT2D eigenvalue weighted by molar-refractivity contribution is -0.143. The molecule has 0 bridgehead atoms. The van der Waals surface area contributed by atoms with Crippen molar-refractivity contribution in [3.8, 4) is 10.6 Å². The van der Waals surface area contributed by atoms with Gasteiger partial charge in [0.05, 0.1) is 11.8 Å². The number of carbonyl (C=O) groups excluding carboxylic acids is 1. The summed E-state index contributed by atoms with van der Waals surface area (Å²) >= 11 is 1.81. The maximum absolute atomic E-state index is 12.9. The Morgan fingerprint density at radius 2 is 2.13 bits per heavy atom. The van der Waals surface area contributed by atoms with Gasteiger partial charge in [0.2, 0.25) is 5.91 Å². The Hall–Kier alpha value is -1.98. The summed E-state index contributed by atoms with van der Waals surface area (Å²) in [6.07, 6.45) is 4.13. The van der Waals surface area contributed by atoms with Gasteiger partial charge in [-0.3, -0.25) is 4.79 Å². The minimum Gasteiger partial charge on any atom is -0.392 e. The second-order valence-electron chi connectivity index (χ2n) is 9.83. The van der Waals surface area contributed by atoms with Crippen LogP contribution in [0, 0.1) is 23.2 Å². The number of hydrogen-bond acceptors (Lipinski definition) is 4. The lowest BCUT2D eigenvalue weighted by atomic mass is 9.53. The van der Waals surface area contributed by atoms with E-state index in [-0.39, 0.29) is 35.0 Å². The third-order valence-corrected chi connectivity index (χ3v) is 8.87. The Morgan fingerprint density at radius 3 is 2.81 bits per heavy atom. The van der Waals surface area contributed by atoms with Gasteiger partial charge in [0, 0.05) is 35.9 Å². The lowest BCUT2D eigenvalue weighted by Crippen LogP contribution is -2.53. The molecule has 0 spiro atoms. The summed E-state index contributed by atoms with van der Waals surface area (Å²) in [6.45, 7) is 10.8. The SMILES string of the molecule is C=CCN(C)C(=O)[C@@H](C)[C@@H]1CC[C@]2(C)Cc3sc(-c4ccccc4)nc3[C@H](C)[C@@H]2[C@H]1O. The number of fused-ring (bicyclic) bond motifs is 2. The number of benzene rings is 1. The summed E-state index contributed by atoms with van der Waals surface area (Å²) in [5, 5.41) is 12.6. The monoisotopic (exact) mass is 438 g/mol. The van der Waals surface area contributed by atoms with Gasteiger partial charge in [-0.2, -0.15) is 0 Å². The van der Waals surface area contributed by atoms with Crippen LogP contribution in [0.15, 0.2) is 43.0 Å². The lowest BCUT2D eigenvalue weighted by Gasteiger charge is -2.53. The van der Waals surface area contributed by atoms with Crippen LogP contribution in [0.2, 0.25) is 0 Å². The predicted molar refractivity (Wildman–Crippen MR) is 127 cm³/mol. The van der Waals surface area contributed by atoms with Crippen molar-refractivity contribution in [2.75, 3.05) is 13.6 Å². The predicted octanol–water partition coefficient (Wildman–Crippen LogP) is 5.14. The smallest absolute Gasteiger partial charge is 0.225 e. The summed E-state index contributed by atoms with van der Waals surface area (Å²) in [7, 11) is 1.82. The van der Waals surface area contributed by atoms with Crippen molar-refractivity contribution in [2.45, 2.75) is 52.1 Å². The molecule has 0 aliphatic heterocycles. The number of amides is 1. The molecule has 0 radical (unpaired) electrons. The molecule has 31 heavy (non-hydrogen) atoms. The van der Waals surface area contributed by atoms with Crippen molar-refractivity contribution in [1.82, 2.24) is 9.88 Å². The Balaban J connectivity index is 1.61. The molecule has 6 atom stereocenters. The molecule has 1 aromatic carbocycles. The summed E-state index contributed by atoms with van der Waals surface area (Å²) in [5.74, 6) is 0.164. The average molecular weight is 439 g/mol. The van der Waals surface area contributed by atoms with Gasteiger partial charge in [-0.15, -0.1) is 17.9 Å². The van der Waals surface area contributed by atoms with E-state index in [0.29, 0.717) is 6.54 Å². The zero-order valence-corrected chi connectivity index (χ0v) is 19.9. The molecule has 1 fully saturated rings. The highest BCUT2D eigenvalue weighted by Gasteiger charge is 2.54. The summed E-state index contributed by atoms with van der Waals surface area (Å²) in [4.78, 5) is 21.0. The molecule has 0 saturated heterocycles. The molecule has 1 saturated carbocycles. The number of aliphatic hydroxyl groups is 1. The highest BCUT2D eigenvalue weighted by Crippen LogP contribution is 2.57. The first kappa shape index (κ1) is 22.2. The molecule has 1 aromatic heterocycles. The first-order chi connectivity index (χ1) is 14.8. The normalized spacial score (nSPS) is 30.7. The Kier molecular flexibility index (Phi) is 6.10. The Morgan fingerprint density at radius 1 is 1.42 bits per heavy atom. The van der Waals surface area contributed by atoms with Crippen molar-refractivity contribution in [1.29, 1.82) is 0 Å². The van der Waals surface area contributed by atoms with Crippen molar-refractivity contribution in [2.24, 2.45) is 23.2 Å². The van der Waals surface area contributed by atoms with Crippen molar-refractivity contribution >= 4 is 17.2 Å². The van der Waals surface area contributed by atoms with E-state index in [9.17, 15) is 9.90 Å². The van der Waals surface area contributed by atoms with E-state index >= 15 is 0 Å². The number of aliphatic hydroxyl groups excluding tert-OH is 1. The number of carbonyl (C=O) groups is 1. The average Bonchev–Trinajstić information content (AvgIpc) is 3.17. The zero-order chi connectivity index (χ0) is 22.3. The molecule has 1 heterocycles. The number of aromatic nitrogens is 1. The van der Waals surface area contributed by atoms with Gasteiger partial charge in [-0.05, 0) is 36.5 Å². The topological polar surface area (TPSA) is 53.4 Å². The Labute approximate surface area is 190 Å². The molecule has 2 aromatic rings. The van der Waals surface area contributed by atoms with Gasteiger partial charge >= 0.3 is 0 Å². The van der Waals surface area contributed by atoms with E-state index in [0.717, 1.165) is 35.5 Å². The zero-order valence-electron chi connectivity index (χ0n) is 19.0. The standard InChI is InChI=1S/C26H34N2O2S/c1-6-14-28(5)25(30)16(2)19-12-13-26(4)15-20-22(17(3)21(26)23(19)29)27-24(31-20)18-10-8-7-9-11-18/h6-11,16-17,19,21,23,29H,1,12-15H2,2-5H3/t16-,17+,19-,21+,23-,26+/m0/s1. The van der Waals surface area contributed by atoms with Crippen LogP contribution in [0.4, 0.5) is 0 Å². The molecule has 2 aliphatic carbocycles. The van der Waals surface area contributed by atoms with Crippen molar-refractivity contribution in [3.63, 3.8) is 0 Å². The fraction of sp³-hybridized carbons (Fsp3) is 0.538. The Bertz CT molecular complexity index is 956. The molecule has 5 heteroatoms. The van der Waals surface area contributed by atoms with Gasteiger partial charge < -0.3 is 10.0 Å². The molecule has 0 unspecified atom stereocenters. The molecule has 1 N–H and O–H groups in total. The summed E-state index contributed by atoms with van der Waals surface area (Å²) in [5.41, 5.74) is 2.34. The summed E-state index contributed by atoms with van der Waals surface area (Å²) in [6, 6.07) is 10.4. The third kappa shape index (κ3) is 3.87. The molecule has 4 rings (SSSR count). The van der Waals surface area contributed by atoms with Crippen molar-refractivity contribution in [3.05, 3.63) is 53.6 Å². The molecule has 166 valence electrons. The fourth-order valence-electron chi connectivity index (χ4n) is 6.07. The van der Waals surface area contributed by atoms with E-state index in [2.05, 4.69) is 44.7 Å². The molecular weight excluding hydrogens is 404 g/mol. The third-order valence-electron chi connectivity index (χ3n) is 7.75. The van der Waals surface area contributed by atoms with Crippen LogP contribution < -0.4 is 0 Å². The number of likely N-dealkylation sites (N-methyl/N-ethyl adjacent to an activating group) is 1. The van der Waals surface area contributed by atoms with Crippen LogP contribution in [-0.4, -0.2) is 40.6 Å². The highest BCUT2D eigenvalue weighted by atomic mass is 32.1. The second-order valence-corrected chi connectivity index (χ2v) is 10.9. The van der Waals surface area contributed by atoms with Crippen LogP contribution in [0.3, 0.4) is 0 Å². The molecule has 2 aliphatic rings. The molecule has 4 nitrogen and oxygen atoms in total. The van der Waals surface area contributed by atoms with Crippen LogP contribution in [0.5, 0.6) is 0 Å². The highest BCUT2D eigenvalue weighted by molar-refractivity contribution is 7.15. The quantitative estimate of drug-likeness (QED) is 0.658. The van der Waals surface area contributed by atoms with Gasteiger partial charge in [-0.25, -0.2) is 4.98 Å². The maximum atomic E-state index is 12.9. The molecular formula is C26H34N2O2S. The van der Waals surface area contributed by atoms with E-state index < -0.39 is 6.10 Å². The van der Waals surface area contributed by atoms with Crippen molar-refractivity contribution < 1.29 is 9.90 Å². The van der Waals surface area contributed by atoms with E-state index in [1.54, 1.807) is 22.3 Å². The number of rotatable bonds is 5. The van der Waals surface area contributed by atoms with Crippen LogP contribution in [-0.2, 0) is 11.2 Å². The second kappa shape index (κ2) is 8.51. The van der Waals surface area contributed by atoms with Crippen LogP contribution in [0.25, 0.3) is 10.6 Å². The minimum absolute atomic E-state index is 0.0194. The van der Waals surface area contributed by atoms with E-state index in [1.807, 2.05) is 20.0 Å². The molecule has 1 amide bonds. The first-order valence-electron chi connectivity index (χ1n) is 11.4. The number of hydrogen-bond donors (Lipinski definition) is 1. The van der Waals surface area contributed by atoms with Crippen LogP contribution >= 0.6 is 11.3 Å². The first-order valence-corrected chi connectivity index (χ1v) is 12.2. The van der Waals surface area contributed by atoms with Gasteiger partial charge in [0.1, 0.15) is 5.01 Å². The van der Waals surface area contributed by atoms with Gasteiger partial charge in [-0.1, -0.05) is 57.2 Å². The fourth-order valence-corrected chi connectivity index (χ4v) is 7.43. The van der Waals surface area contributed by atoms with Gasteiger partial charge in [0.25, 0.3) is 0 Å². The summed E-state index contributed by atoms with van der Waals surface area (Å²) < 4.78 is 0. The minimum atomic E-state index is -0.500. The number of nitrogens with zero attached hydrogens (tertiary/aromatic N) is 2. The largest absolute Gasteiger partial charge is 0.392 e. The van der Waals surface area contributed by atoms with E-state index in [4.69, 9.17) is 4.98 Å². The van der Waals surface area contributed by atoms with Gasteiger partial charge in [0.15, 0.2) is 0 Å². The number of thiazole rings is 1. The van der Waals surface area contributed by atoms with Crippen LogP contribution in [0.1, 0.15) is 50.1 Å².